The van der Waals surface area contributed by atoms with E-state index in [0.717, 1.165) is 16.8 Å². The Morgan fingerprint density at radius 2 is 1.74 bits per heavy atom. The molecule has 34 heavy (non-hydrogen) atoms. The van der Waals surface area contributed by atoms with Crippen LogP contribution in [0.15, 0.2) is 18.2 Å². The number of benzene rings is 1. The maximum Gasteiger partial charge on any atom is 0.402 e. The van der Waals surface area contributed by atoms with Gasteiger partial charge in [-0.05, 0) is 24.0 Å². The van der Waals surface area contributed by atoms with Crippen LogP contribution in [0.2, 0.25) is 0 Å². The van der Waals surface area contributed by atoms with Gasteiger partial charge in [-0.25, -0.2) is 0 Å². The molecular weight excluding hydrogens is 468 g/mol. The van der Waals surface area contributed by atoms with Crippen LogP contribution >= 0.6 is 0 Å². The number of morpholine rings is 1. The SMILES string of the molecule is Cc1cccc(CN2CC3C(C(=O)O)NC(C(C(F)(F)F)C(F)(F)F)C3C2)c1N1CCOCC1. The van der Waals surface area contributed by atoms with Crippen LogP contribution in [-0.2, 0) is 16.1 Å². The molecule has 4 atom stereocenters. The highest BCUT2D eigenvalue weighted by atomic mass is 19.4. The number of carboxylic acid groups (broad SMARTS) is 1. The van der Waals surface area contributed by atoms with Gasteiger partial charge in [-0.15, -0.1) is 0 Å². The standard InChI is InChI=1S/C22H27F6N3O3/c1-12-3-2-4-13(18(12)31-5-7-34-8-6-31)9-30-10-14-15(11-30)17(20(32)33)29-16(14)19(21(23,24)25)22(26,27)28/h2-4,14-17,19,29H,5-11H2,1H3,(H,32,33). The number of carboxylic acids is 1. The van der Waals surface area contributed by atoms with Crippen molar-refractivity contribution in [3.8, 4) is 0 Å². The molecule has 3 heterocycles. The fourth-order valence-corrected chi connectivity index (χ4v) is 5.78. The normalized spacial score (nSPS) is 28.5. The van der Waals surface area contributed by atoms with Crippen molar-refractivity contribution in [3.63, 3.8) is 0 Å². The van der Waals surface area contributed by atoms with Gasteiger partial charge in [0, 0.05) is 50.4 Å². The van der Waals surface area contributed by atoms with Crippen LogP contribution in [0.3, 0.4) is 0 Å². The van der Waals surface area contributed by atoms with E-state index in [4.69, 9.17) is 4.74 Å². The number of ether oxygens (including phenoxy) is 1. The summed E-state index contributed by atoms with van der Waals surface area (Å²) in [5.74, 6) is -7.01. The van der Waals surface area contributed by atoms with Crippen molar-refractivity contribution in [3.05, 3.63) is 29.3 Å². The number of rotatable bonds is 5. The monoisotopic (exact) mass is 495 g/mol. The number of halogens is 6. The second-order valence-electron chi connectivity index (χ2n) is 9.27. The van der Waals surface area contributed by atoms with Crippen molar-refractivity contribution in [1.29, 1.82) is 0 Å². The molecule has 0 bridgehead atoms. The first-order valence-corrected chi connectivity index (χ1v) is 11.1. The van der Waals surface area contributed by atoms with Crippen LogP contribution < -0.4 is 10.2 Å². The van der Waals surface area contributed by atoms with Crippen LogP contribution in [0, 0.1) is 24.7 Å². The number of aliphatic carboxylic acids is 1. The zero-order chi connectivity index (χ0) is 24.8. The van der Waals surface area contributed by atoms with Gasteiger partial charge in [0.2, 0.25) is 0 Å². The van der Waals surface area contributed by atoms with Gasteiger partial charge in [0.05, 0.1) is 13.2 Å². The summed E-state index contributed by atoms with van der Waals surface area (Å²) in [6.07, 6.45) is -11.1. The molecule has 3 aliphatic rings. The van der Waals surface area contributed by atoms with Crippen molar-refractivity contribution in [2.75, 3.05) is 44.3 Å². The average molecular weight is 495 g/mol. The quantitative estimate of drug-likeness (QED) is 0.613. The molecule has 190 valence electrons. The van der Waals surface area contributed by atoms with Crippen LogP contribution in [0.25, 0.3) is 0 Å². The Morgan fingerprint density at radius 3 is 2.32 bits per heavy atom. The fourth-order valence-electron chi connectivity index (χ4n) is 5.78. The minimum Gasteiger partial charge on any atom is -0.480 e. The number of likely N-dealkylation sites (tertiary alicyclic amines) is 1. The predicted molar refractivity (Wildman–Crippen MR) is 110 cm³/mol. The molecule has 0 radical (unpaired) electrons. The van der Waals surface area contributed by atoms with E-state index in [-0.39, 0.29) is 13.1 Å². The van der Waals surface area contributed by atoms with Crippen molar-refractivity contribution in [2.45, 2.75) is 37.9 Å². The third-order valence-corrected chi connectivity index (χ3v) is 7.12. The summed E-state index contributed by atoms with van der Waals surface area (Å²) in [7, 11) is 0. The van der Waals surface area contributed by atoms with Crippen LogP contribution in [0.5, 0.6) is 0 Å². The lowest BCUT2D eigenvalue weighted by atomic mass is 9.84. The van der Waals surface area contributed by atoms with E-state index in [1.807, 2.05) is 25.1 Å². The minimum absolute atomic E-state index is 0.0503. The second-order valence-corrected chi connectivity index (χ2v) is 9.27. The summed E-state index contributed by atoms with van der Waals surface area (Å²) in [5, 5.41) is 11.7. The van der Waals surface area contributed by atoms with Crippen molar-refractivity contribution in [1.82, 2.24) is 10.2 Å². The molecule has 1 aromatic carbocycles. The largest absolute Gasteiger partial charge is 0.480 e. The molecule has 0 saturated carbocycles. The smallest absolute Gasteiger partial charge is 0.402 e. The zero-order valence-electron chi connectivity index (χ0n) is 18.5. The number of alkyl halides is 6. The Bertz CT molecular complexity index is 889. The van der Waals surface area contributed by atoms with E-state index in [1.165, 1.54) is 0 Å². The highest BCUT2D eigenvalue weighted by molar-refractivity contribution is 5.74. The zero-order valence-corrected chi connectivity index (χ0v) is 18.5. The Hall–Kier alpha value is -2.05. The van der Waals surface area contributed by atoms with E-state index in [2.05, 4.69) is 10.2 Å². The first-order valence-electron chi connectivity index (χ1n) is 11.1. The summed E-state index contributed by atoms with van der Waals surface area (Å²) in [6, 6.07) is 2.19. The highest BCUT2D eigenvalue weighted by Crippen LogP contribution is 2.48. The van der Waals surface area contributed by atoms with Gasteiger partial charge >= 0.3 is 18.3 Å². The summed E-state index contributed by atoms with van der Waals surface area (Å²) in [6.45, 7) is 4.78. The molecule has 4 unspecified atom stereocenters. The molecule has 3 saturated heterocycles. The number of para-hydroxylation sites is 1. The van der Waals surface area contributed by atoms with Gasteiger partial charge in [0.1, 0.15) is 6.04 Å². The third kappa shape index (κ3) is 4.85. The number of carbonyl (C=O) groups is 1. The molecule has 3 aliphatic heterocycles. The Labute approximate surface area is 192 Å². The van der Waals surface area contributed by atoms with Gasteiger partial charge in [-0.2, -0.15) is 26.3 Å². The van der Waals surface area contributed by atoms with Crippen molar-refractivity contribution in [2.24, 2.45) is 17.8 Å². The van der Waals surface area contributed by atoms with Crippen LogP contribution in [-0.4, -0.2) is 79.8 Å². The number of nitrogens with one attached hydrogen (secondary N) is 1. The van der Waals surface area contributed by atoms with E-state index in [9.17, 15) is 36.2 Å². The van der Waals surface area contributed by atoms with Gasteiger partial charge in [-0.1, -0.05) is 18.2 Å². The molecule has 2 N–H and O–H groups in total. The van der Waals surface area contributed by atoms with Crippen molar-refractivity contribution >= 4 is 11.7 Å². The Balaban J connectivity index is 1.59. The first kappa shape index (κ1) is 25.1. The topological polar surface area (TPSA) is 65.0 Å². The van der Waals surface area contributed by atoms with Gasteiger partial charge in [0.25, 0.3) is 0 Å². The molecule has 0 amide bonds. The molecule has 0 aromatic heterocycles. The fraction of sp³-hybridized carbons (Fsp3) is 0.682. The van der Waals surface area contributed by atoms with Crippen molar-refractivity contribution < 1.29 is 41.0 Å². The molecule has 12 heteroatoms. The number of nitrogens with zero attached hydrogens (tertiary/aromatic N) is 2. The Kier molecular flexibility index (Phi) is 6.78. The van der Waals surface area contributed by atoms with Crippen LogP contribution in [0.4, 0.5) is 32.0 Å². The summed E-state index contributed by atoms with van der Waals surface area (Å²) in [5.41, 5.74) is 2.90. The van der Waals surface area contributed by atoms with Gasteiger partial charge in [0.15, 0.2) is 5.92 Å². The lowest BCUT2D eigenvalue weighted by Gasteiger charge is -2.34. The predicted octanol–water partition coefficient (Wildman–Crippen LogP) is 3.05. The third-order valence-electron chi connectivity index (χ3n) is 7.12. The number of hydrogen-bond donors (Lipinski definition) is 2. The number of anilines is 1. The molecular formula is C22H27F6N3O3. The summed E-state index contributed by atoms with van der Waals surface area (Å²) in [4.78, 5) is 15.7. The van der Waals surface area contributed by atoms with E-state index < -0.39 is 48.2 Å². The summed E-state index contributed by atoms with van der Waals surface area (Å²) < 4.78 is 86.2. The number of aryl methyl sites for hydroxylation is 1. The molecule has 0 spiro atoms. The van der Waals surface area contributed by atoms with E-state index >= 15 is 0 Å². The first-order chi connectivity index (χ1) is 15.9. The molecule has 4 rings (SSSR count). The molecule has 1 aromatic rings. The van der Waals surface area contributed by atoms with E-state index in [0.29, 0.717) is 32.8 Å². The second kappa shape index (κ2) is 9.19. The van der Waals surface area contributed by atoms with Gasteiger partial charge < -0.3 is 20.1 Å². The molecule has 6 nitrogen and oxygen atoms in total. The Morgan fingerprint density at radius 1 is 1.12 bits per heavy atom. The molecule has 0 aliphatic carbocycles. The van der Waals surface area contributed by atoms with E-state index in [1.54, 1.807) is 4.90 Å². The average Bonchev–Trinajstić information content (AvgIpc) is 3.26. The maximum absolute atomic E-state index is 13.5. The lowest BCUT2D eigenvalue weighted by Crippen LogP contribution is -2.53. The minimum atomic E-state index is -5.54. The van der Waals surface area contributed by atoms with Crippen LogP contribution in [0.1, 0.15) is 11.1 Å². The lowest BCUT2D eigenvalue weighted by molar-refractivity contribution is -0.293. The molecule has 3 fully saturated rings. The number of hydrogen-bond acceptors (Lipinski definition) is 5. The summed E-state index contributed by atoms with van der Waals surface area (Å²) >= 11 is 0. The maximum atomic E-state index is 13.5. The van der Waals surface area contributed by atoms with Gasteiger partial charge in [-0.3, -0.25) is 9.69 Å². The number of fused-ring (bicyclic) bond motifs is 1. The highest BCUT2D eigenvalue weighted by Gasteiger charge is 2.66.